The zero-order valence-electron chi connectivity index (χ0n) is 22.1. The first kappa shape index (κ1) is 30.0. The van der Waals surface area contributed by atoms with E-state index in [2.05, 4.69) is 0 Å². The molecule has 0 aromatic heterocycles. The molecule has 40 heavy (non-hydrogen) atoms. The molecule has 0 bridgehead atoms. The van der Waals surface area contributed by atoms with E-state index >= 15 is 0 Å². The van der Waals surface area contributed by atoms with Crippen LogP contribution >= 0.6 is 0 Å². The number of benzene rings is 2. The van der Waals surface area contributed by atoms with Gasteiger partial charge in [-0.15, -0.1) is 0 Å². The summed E-state index contributed by atoms with van der Waals surface area (Å²) in [7, 11) is 0. The van der Waals surface area contributed by atoms with Gasteiger partial charge in [0.05, 0.1) is 0 Å². The van der Waals surface area contributed by atoms with E-state index in [4.69, 9.17) is 23.7 Å². The highest BCUT2D eigenvalue weighted by Gasteiger charge is 2.51. The first-order valence-electron chi connectivity index (χ1n) is 12.4. The maximum Gasteiger partial charge on any atom is 0.303 e. The van der Waals surface area contributed by atoms with E-state index < -0.39 is 60.8 Å². The van der Waals surface area contributed by atoms with E-state index in [1.165, 1.54) is 13.0 Å². The Balaban J connectivity index is 1.85. The molecule has 0 radical (unpaired) electrons. The summed E-state index contributed by atoms with van der Waals surface area (Å²) in [4.78, 5) is 59.1. The molecule has 2 aromatic rings. The van der Waals surface area contributed by atoms with E-state index in [1.807, 2.05) is 6.07 Å². The summed E-state index contributed by atoms with van der Waals surface area (Å²) in [6, 6.07) is 15.3. The van der Waals surface area contributed by atoms with Gasteiger partial charge in [-0.1, -0.05) is 48.5 Å². The number of carbonyl (C=O) groups excluding carboxylic acids is 5. The number of carboxylic acids is 1. The average Bonchev–Trinajstić information content (AvgIpc) is 2.90. The normalized spacial score (nSPS) is 22.2. The fourth-order valence-corrected chi connectivity index (χ4v) is 4.20. The number of rotatable bonds is 11. The molecular formula is C29H29O11-. The van der Waals surface area contributed by atoms with Crippen molar-refractivity contribution in [2.75, 3.05) is 6.61 Å². The van der Waals surface area contributed by atoms with E-state index in [9.17, 15) is 29.1 Å². The van der Waals surface area contributed by atoms with E-state index in [-0.39, 0.29) is 18.1 Å². The van der Waals surface area contributed by atoms with Crippen molar-refractivity contribution < 1.29 is 52.8 Å². The smallest absolute Gasteiger partial charge is 0.303 e. The quantitative estimate of drug-likeness (QED) is 0.173. The third kappa shape index (κ3) is 8.77. The molecule has 5 atom stereocenters. The van der Waals surface area contributed by atoms with E-state index in [1.54, 1.807) is 54.6 Å². The van der Waals surface area contributed by atoms with Crippen molar-refractivity contribution in [3.05, 3.63) is 71.8 Å². The van der Waals surface area contributed by atoms with Gasteiger partial charge in [0.25, 0.3) is 0 Å². The van der Waals surface area contributed by atoms with Gasteiger partial charge in [0.2, 0.25) is 6.29 Å². The monoisotopic (exact) mass is 553 g/mol. The van der Waals surface area contributed by atoms with Gasteiger partial charge in [-0.2, -0.15) is 0 Å². The number of carboxylic acid groups (broad SMARTS) is 1. The van der Waals surface area contributed by atoms with Gasteiger partial charge in [-0.05, 0) is 30.2 Å². The lowest BCUT2D eigenvalue weighted by molar-refractivity contribution is -0.315. The summed E-state index contributed by atoms with van der Waals surface area (Å²) in [5.74, 6) is -4.69. The molecule has 2 aromatic carbocycles. The van der Waals surface area contributed by atoms with Crippen LogP contribution in [0.3, 0.4) is 0 Å². The second-order valence-corrected chi connectivity index (χ2v) is 8.98. The molecule has 5 unspecified atom stereocenters. The zero-order chi connectivity index (χ0) is 29.2. The predicted octanol–water partition coefficient (Wildman–Crippen LogP) is 1.87. The number of ketones is 1. The number of allylic oxidation sites excluding steroid dienone is 1. The van der Waals surface area contributed by atoms with Crippen molar-refractivity contribution in [2.45, 2.75) is 51.8 Å². The molecular weight excluding hydrogens is 524 g/mol. The molecule has 0 aliphatic carbocycles. The third-order valence-electron chi connectivity index (χ3n) is 5.86. The Kier molecular flexibility index (Phi) is 10.5. The van der Waals surface area contributed by atoms with Crippen molar-refractivity contribution in [3.8, 4) is 5.75 Å². The summed E-state index contributed by atoms with van der Waals surface area (Å²) < 4.78 is 27.6. The van der Waals surface area contributed by atoms with Crippen LogP contribution < -0.4 is 9.84 Å². The van der Waals surface area contributed by atoms with Crippen molar-refractivity contribution in [3.63, 3.8) is 0 Å². The van der Waals surface area contributed by atoms with Crippen LogP contribution in [-0.2, 0) is 38.1 Å². The van der Waals surface area contributed by atoms with Crippen LogP contribution in [-0.4, -0.2) is 60.9 Å². The third-order valence-corrected chi connectivity index (χ3v) is 5.86. The number of carbonyl (C=O) groups is 5. The maximum absolute atomic E-state index is 12.3. The Morgan fingerprint density at radius 2 is 1.48 bits per heavy atom. The summed E-state index contributed by atoms with van der Waals surface area (Å²) in [5, 5.41) is 11.6. The molecule has 1 fully saturated rings. The zero-order valence-corrected chi connectivity index (χ0v) is 22.1. The first-order chi connectivity index (χ1) is 19.0. The van der Waals surface area contributed by atoms with Crippen molar-refractivity contribution in [1.29, 1.82) is 0 Å². The van der Waals surface area contributed by atoms with Crippen LogP contribution in [0.4, 0.5) is 0 Å². The minimum Gasteiger partial charge on any atom is -0.550 e. The summed E-state index contributed by atoms with van der Waals surface area (Å²) in [6.07, 6.45) is -2.68. The van der Waals surface area contributed by atoms with Gasteiger partial charge in [0.1, 0.15) is 24.6 Å². The Labute approximate surface area is 230 Å². The molecule has 0 N–H and O–H groups in total. The van der Waals surface area contributed by atoms with Crippen molar-refractivity contribution >= 4 is 35.7 Å². The highest BCUT2D eigenvalue weighted by molar-refractivity contribution is 6.06. The lowest BCUT2D eigenvalue weighted by Crippen LogP contribution is -2.60. The van der Waals surface area contributed by atoms with Crippen LogP contribution in [0.1, 0.15) is 43.1 Å². The molecule has 1 saturated heterocycles. The SMILES string of the molecule is CC(=O)OCC1OC(Oc2ccc(C=CC(=O)c3ccccc3)cc2)C(OC(C)=O)C(CC(=O)[O-])C1OC(C)=O. The largest absolute Gasteiger partial charge is 0.550 e. The summed E-state index contributed by atoms with van der Waals surface area (Å²) in [5.41, 5.74) is 1.24. The van der Waals surface area contributed by atoms with Crippen LogP contribution in [0.5, 0.6) is 5.75 Å². The number of aliphatic carboxylic acids is 1. The van der Waals surface area contributed by atoms with Gasteiger partial charge in [-0.25, -0.2) is 0 Å². The Morgan fingerprint density at radius 3 is 2.05 bits per heavy atom. The second kappa shape index (κ2) is 14.0. The van der Waals surface area contributed by atoms with Gasteiger partial charge >= 0.3 is 17.9 Å². The molecule has 11 heteroatoms. The minimum absolute atomic E-state index is 0.166. The molecule has 1 aliphatic heterocycles. The predicted molar refractivity (Wildman–Crippen MR) is 136 cm³/mol. The fraction of sp³-hybridized carbons (Fsp3) is 0.345. The van der Waals surface area contributed by atoms with Crippen molar-refractivity contribution in [1.82, 2.24) is 0 Å². The molecule has 11 nitrogen and oxygen atoms in total. The Bertz CT molecular complexity index is 1240. The Hall–Kier alpha value is -4.51. The van der Waals surface area contributed by atoms with Crippen LogP contribution in [0.25, 0.3) is 6.08 Å². The van der Waals surface area contributed by atoms with Crippen LogP contribution in [0.2, 0.25) is 0 Å². The van der Waals surface area contributed by atoms with Gasteiger partial charge in [0.15, 0.2) is 11.9 Å². The number of hydrogen-bond donors (Lipinski definition) is 0. The van der Waals surface area contributed by atoms with E-state index in [0.29, 0.717) is 11.1 Å². The highest BCUT2D eigenvalue weighted by Crippen LogP contribution is 2.35. The molecule has 0 saturated carbocycles. The molecule has 0 spiro atoms. The number of ether oxygens (including phenoxy) is 5. The lowest BCUT2D eigenvalue weighted by atomic mass is 9.86. The fourth-order valence-electron chi connectivity index (χ4n) is 4.20. The van der Waals surface area contributed by atoms with Gasteiger partial charge in [-0.3, -0.25) is 19.2 Å². The van der Waals surface area contributed by atoms with Crippen LogP contribution in [0.15, 0.2) is 60.7 Å². The molecule has 1 aliphatic rings. The molecule has 0 amide bonds. The molecule has 1 heterocycles. The van der Waals surface area contributed by atoms with E-state index in [0.717, 1.165) is 13.8 Å². The maximum atomic E-state index is 12.3. The van der Waals surface area contributed by atoms with Crippen molar-refractivity contribution in [2.24, 2.45) is 5.92 Å². The Morgan fingerprint density at radius 1 is 0.850 bits per heavy atom. The van der Waals surface area contributed by atoms with Crippen LogP contribution in [0, 0.1) is 5.92 Å². The molecule has 3 rings (SSSR count). The second-order valence-electron chi connectivity index (χ2n) is 8.98. The highest BCUT2D eigenvalue weighted by atomic mass is 16.7. The summed E-state index contributed by atoms with van der Waals surface area (Å²) >= 11 is 0. The summed E-state index contributed by atoms with van der Waals surface area (Å²) in [6.45, 7) is 3.02. The average molecular weight is 554 g/mol. The van der Waals surface area contributed by atoms with Gasteiger partial charge in [0, 0.05) is 38.2 Å². The minimum atomic E-state index is -1.49. The number of hydrogen-bond acceptors (Lipinski definition) is 11. The van der Waals surface area contributed by atoms with Gasteiger partial charge < -0.3 is 33.6 Å². The lowest BCUT2D eigenvalue weighted by Gasteiger charge is -2.45. The number of esters is 3. The molecule has 212 valence electrons. The topological polar surface area (TPSA) is 155 Å². The first-order valence-corrected chi connectivity index (χ1v) is 12.4. The standard InChI is InChI=1S/C29H30O11/c1-17(30)36-16-25-27(37-18(2)31)23(15-26(34)35)28(38-19(3)32)29(40-25)39-22-12-9-20(10-13-22)11-14-24(33)21-7-5-4-6-8-21/h4-14,23,25,27-29H,15-16H2,1-3H3,(H,34,35)/p-1.